The van der Waals surface area contributed by atoms with E-state index in [9.17, 15) is 0 Å². The van der Waals surface area contributed by atoms with E-state index in [1.165, 1.54) is 0 Å². The van der Waals surface area contributed by atoms with Crippen molar-refractivity contribution in [1.82, 2.24) is 14.8 Å². The summed E-state index contributed by atoms with van der Waals surface area (Å²) >= 11 is 9.91. The van der Waals surface area contributed by atoms with Crippen molar-refractivity contribution >= 4 is 38.6 Å². The molecule has 2 aromatic heterocycles. The normalized spacial score (nSPS) is 11.2. The van der Waals surface area contributed by atoms with Crippen molar-refractivity contribution < 1.29 is 0 Å². The van der Waals surface area contributed by atoms with Crippen LogP contribution in [0, 0.1) is 6.92 Å². The Bertz CT molecular complexity index is 778. The fourth-order valence-corrected chi connectivity index (χ4v) is 2.92. The molecular formula is C15H13BrClN3. The minimum Gasteiger partial charge on any atom is -0.236 e. The van der Waals surface area contributed by atoms with Crippen LogP contribution in [0.15, 0.2) is 34.9 Å². The molecule has 0 spiro atoms. The van der Waals surface area contributed by atoms with Gasteiger partial charge in [-0.25, -0.2) is 9.67 Å². The first-order valence-corrected chi connectivity index (χ1v) is 7.57. The highest BCUT2D eigenvalue weighted by atomic mass is 79.9. The zero-order valence-corrected chi connectivity index (χ0v) is 13.5. The smallest absolute Gasteiger partial charge is 0.164 e. The molecule has 3 rings (SSSR count). The van der Waals surface area contributed by atoms with E-state index >= 15 is 0 Å². The topological polar surface area (TPSA) is 30.7 Å². The predicted octanol–water partition coefficient (Wildman–Crippen LogP) is 4.71. The molecule has 102 valence electrons. The Morgan fingerprint density at radius 2 is 1.95 bits per heavy atom. The summed E-state index contributed by atoms with van der Waals surface area (Å²) in [7, 11) is 0. The Kier molecular flexibility index (Phi) is 3.52. The minimum atomic E-state index is 0.762. The number of pyridine rings is 1. The molecular weight excluding hydrogens is 338 g/mol. The molecule has 0 N–H and O–H groups in total. The molecule has 5 heteroatoms. The van der Waals surface area contributed by atoms with Gasteiger partial charge >= 0.3 is 0 Å². The van der Waals surface area contributed by atoms with Crippen molar-refractivity contribution in [3.05, 3.63) is 51.2 Å². The largest absolute Gasteiger partial charge is 0.236 e. The molecule has 0 saturated heterocycles. The van der Waals surface area contributed by atoms with E-state index in [0.29, 0.717) is 0 Å². The molecule has 0 aliphatic rings. The average Bonchev–Trinajstić information content (AvgIpc) is 2.78. The number of aromatic nitrogens is 3. The molecule has 3 nitrogen and oxygen atoms in total. The van der Waals surface area contributed by atoms with Crippen molar-refractivity contribution in [3.63, 3.8) is 0 Å². The van der Waals surface area contributed by atoms with Gasteiger partial charge in [-0.3, -0.25) is 0 Å². The third-order valence-corrected chi connectivity index (χ3v) is 4.29. The lowest BCUT2D eigenvalue weighted by atomic mass is 10.1. The first-order chi connectivity index (χ1) is 9.61. The molecule has 3 aromatic rings. The SMILES string of the molecule is CCc1cnc2c(c(C)nn2-c2ccc(Br)cc2)c1Cl. The summed E-state index contributed by atoms with van der Waals surface area (Å²) in [6.07, 6.45) is 2.70. The van der Waals surface area contributed by atoms with Crippen molar-refractivity contribution in [3.8, 4) is 5.69 Å². The molecule has 2 heterocycles. The summed E-state index contributed by atoms with van der Waals surface area (Å²) in [5, 5.41) is 6.28. The summed E-state index contributed by atoms with van der Waals surface area (Å²) in [6.45, 7) is 4.04. The van der Waals surface area contributed by atoms with Crippen LogP contribution in [0.2, 0.25) is 5.02 Å². The highest BCUT2D eigenvalue weighted by molar-refractivity contribution is 9.10. The predicted molar refractivity (Wildman–Crippen MR) is 85.7 cm³/mol. The summed E-state index contributed by atoms with van der Waals surface area (Å²) in [5.74, 6) is 0. The standard InChI is InChI=1S/C15H13BrClN3/c1-3-10-8-18-15-13(14(10)17)9(2)19-20(15)12-6-4-11(16)5-7-12/h4-8H,3H2,1-2H3. The molecule has 0 unspecified atom stereocenters. The molecule has 0 radical (unpaired) electrons. The van der Waals surface area contributed by atoms with Crippen molar-refractivity contribution in [2.75, 3.05) is 0 Å². The van der Waals surface area contributed by atoms with Gasteiger partial charge < -0.3 is 0 Å². The van der Waals surface area contributed by atoms with Crippen LogP contribution in [0.5, 0.6) is 0 Å². The van der Waals surface area contributed by atoms with Gasteiger partial charge in [-0.2, -0.15) is 5.10 Å². The van der Waals surface area contributed by atoms with Gasteiger partial charge in [-0.15, -0.1) is 0 Å². The first-order valence-electron chi connectivity index (χ1n) is 6.40. The maximum absolute atomic E-state index is 6.47. The van der Waals surface area contributed by atoms with Crippen molar-refractivity contribution in [1.29, 1.82) is 0 Å². The van der Waals surface area contributed by atoms with Crippen LogP contribution in [0.4, 0.5) is 0 Å². The van der Waals surface area contributed by atoms with Gasteiger partial charge in [0, 0.05) is 10.7 Å². The zero-order chi connectivity index (χ0) is 14.3. The Hall–Kier alpha value is -1.39. The second-order valence-corrected chi connectivity index (χ2v) is 5.92. The minimum absolute atomic E-state index is 0.762. The fourth-order valence-electron chi connectivity index (χ4n) is 2.26. The van der Waals surface area contributed by atoms with Crippen LogP contribution in [-0.4, -0.2) is 14.8 Å². The van der Waals surface area contributed by atoms with Gasteiger partial charge in [0.05, 0.1) is 21.8 Å². The van der Waals surface area contributed by atoms with Crippen LogP contribution >= 0.6 is 27.5 Å². The van der Waals surface area contributed by atoms with Crippen LogP contribution in [-0.2, 0) is 6.42 Å². The van der Waals surface area contributed by atoms with Gasteiger partial charge in [-0.1, -0.05) is 34.5 Å². The highest BCUT2D eigenvalue weighted by Crippen LogP contribution is 2.30. The van der Waals surface area contributed by atoms with E-state index in [2.05, 4.69) is 32.9 Å². The number of halogens is 2. The molecule has 0 bridgehead atoms. The average molecular weight is 351 g/mol. The molecule has 1 aromatic carbocycles. The zero-order valence-electron chi connectivity index (χ0n) is 11.2. The maximum atomic E-state index is 6.47. The Morgan fingerprint density at radius 1 is 1.25 bits per heavy atom. The number of rotatable bonds is 2. The van der Waals surface area contributed by atoms with E-state index in [-0.39, 0.29) is 0 Å². The highest BCUT2D eigenvalue weighted by Gasteiger charge is 2.15. The third-order valence-electron chi connectivity index (χ3n) is 3.33. The molecule has 0 saturated carbocycles. The third kappa shape index (κ3) is 2.13. The summed E-state index contributed by atoms with van der Waals surface area (Å²) in [5.41, 5.74) is 3.72. The number of hydrogen-bond acceptors (Lipinski definition) is 2. The van der Waals surface area contributed by atoms with E-state index in [1.54, 1.807) is 0 Å². The second kappa shape index (κ2) is 5.19. The van der Waals surface area contributed by atoms with Gasteiger partial charge in [-0.05, 0) is 43.2 Å². The van der Waals surface area contributed by atoms with Crippen LogP contribution < -0.4 is 0 Å². The second-order valence-electron chi connectivity index (χ2n) is 4.62. The molecule has 0 aliphatic heterocycles. The number of aryl methyl sites for hydroxylation is 2. The monoisotopic (exact) mass is 349 g/mol. The van der Waals surface area contributed by atoms with Crippen LogP contribution in [0.25, 0.3) is 16.7 Å². The van der Waals surface area contributed by atoms with Crippen molar-refractivity contribution in [2.45, 2.75) is 20.3 Å². The van der Waals surface area contributed by atoms with Gasteiger partial charge in [0.1, 0.15) is 0 Å². The molecule has 20 heavy (non-hydrogen) atoms. The van der Waals surface area contributed by atoms with E-state index < -0.39 is 0 Å². The van der Waals surface area contributed by atoms with E-state index in [4.69, 9.17) is 11.6 Å². The first kappa shape index (κ1) is 13.6. The summed E-state index contributed by atoms with van der Waals surface area (Å²) < 4.78 is 2.87. The van der Waals surface area contributed by atoms with Gasteiger partial charge in [0.2, 0.25) is 0 Å². The van der Waals surface area contributed by atoms with E-state index in [1.807, 2.05) is 42.1 Å². The molecule has 0 aliphatic carbocycles. The lowest BCUT2D eigenvalue weighted by molar-refractivity contribution is 0.877. The maximum Gasteiger partial charge on any atom is 0.164 e. The molecule has 0 amide bonds. The number of benzene rings is 1. The van der Waals surface area contributed by atoms with Crippen LogP contribution in [0.3, 0.4) is 0 Å². The number of fused-ring (bicyclic) bond motifs is 1. The Labute approximate surface area is 130 Å². The number of nitrogens with zero attached hydrogens (tertiary/aromatic N) is 3. The summed E-state index contributed by atoms with van der Waals surface area (Å²) in [4.78, 5) is 4.54. The lowest BCUT2D eigenvalue weighted by Gasteiger charge is -2.05. The van der Waals surface area contributed by atoms with Gasteiger partial charge in [0.25, 0.3) is 0 Å². The Balaban J connectivity index is 2.28. The molecule has 0 fully saturated rings. The lowest BCUT2D eigenvalue weighted by Crippen LogP contribution is -1.98. The van der Waals surface area contributed by atoms with Crippen LogP contribution in [0.1, 0.15) is 18.2 Å². The fraction of sp³-hybridized carbons (Fsp3) is 0.200. The number of hydrogen-bond donors (Lipinski definition) is 0. The van der Waals surface area contributed by atoms with E-state index in [0.717, 1.165) is 43.9 Å². The summed E-state index contributed by atoms with van der Waals surface area (Å²) in [6, 6.07) is 7.97. The Morgan fingerprint density at radius 3 is 2.60 bits per heavy atom. The quantitative estimate of drug-likeness (QED) is 0.670. The molecule has 0 atom stereocenters. The van der Waals surface area contributed by atoms with Crippen molar-refractivity contribution in [2.24, 2.45) is 0 Å². The van der Waals surface area contributed by atoms with Gasteiger partial charge in [0.15, 0.2) is 5.65 Å².